The Balaban J connectivity index is 2.13. The molecule has 1 amide bonds. The maximum Gasteiger partial charge on any atom is 0.228 e. The van der Waals surface area contributed by atoms with Gasteiger partial charge in [-0.15, -0.1) is 0 Å². The van der Waals surface area contributed by atoms with Crippen LogP contribution in [0.15, 0.2) is 24.3 Å². The van der Waals surface area contributed by atoms with Gasteiger partial charge in [0, 0.05) is 6.54 Å². The molecule has 1 aliphatic heterocycles. The van der Waals surface area contributed by atoms with Crippen LogP contribution in [0.3, 0.4) is 0 Å². The van der Waals surface area contributed by atoms with E-state index in [-0.39, 0.29) is 17.4 Å². The van der Waals surface area contributed by atoms with Crippen LogP contribution >= 0.6 is 0 Å². The molecule has 0 bridgehead atoms. The normalized spacial score (nSPS) is 23.9. The first-order chi connectivity index (χ1) is 9.47. The van der Waals surface area contributed by atoms with Crippen molar-refractivity contribution in [1.82, 2.24) is 10.6 Å². The lowest BCUT2D eigenvalue weighted by Crippen LogP contribution is -2.46. The van der Waals surface area contributed by atoms with Gasteiger partial charge in [-0.25, -0.2) is 0 Å². The zero-order chi connectivity index (χ0) is 14.8. The molecule has 2 N–H and O–H groups in total. The number of nitrogens with one attached hydrogen (secondary N) is 2. The molecule has 0 aliphatic carbocycles. The van der Waals surface area contributed by atoms with Crippen molar-refractivity contribution in [2.24, 2.45) is 11.3 Å². The van der Waals surface area contributed by atoms with Crippen LogP contribution in [-0.2, 0) is 4.79 Å². The quantitative estimate of drug-likeness (QED) is 0.886. The number of aryl methyl sites for hydroxylation is 1. The minimum atomic E-state index is -0.253. The number of hydrogen-bond acceptors (Lipinski definition) is 2. The summed E-state index contributed by atoms with van der Waals surface area (Å²) in [5.74, 6) is 0.537. The Kier molecular flexibility index (Phi) is 4.48. The van der Waals surface area contributed by atoms with Gasteiger partial charge in [-0.05, 0) is 43.9 Å². The van der Waals surface area contributed by atoms with Crippen molar-refractivity contribution in [3.63, 3.8) is 0 Å². The summed E-state index contributed by atoms with van der Waals surface area (Å²) in [6, 6.07) is 8.30. The van der Waals surface area contributed by atoms with Crippen LogP contribution in [0, 0.1) is 18.3 Å². The number of hydrogen-bond donors (Lipinski definition) is 2. The maximum absolute atomic E-state index is 12.8. The smallest absolute Gasteiger partial charge is 0.228 e. The fourth-order valence-electron chi connectivity index (χ4n) is 3.15. The number of amides is 1. The number of benzene rings is 1. The second kappa shape index (κ2) is 5.96. The van der Waals surface area contributed by atoms with E-state index in [0.29, 0.717) is 5.92 Å². The minimum Gasteiger partial charge on any atom is -0.349 e. The molecule has 1 unspecified atom stereocenters. The summed E-state index contributed by atoms with van der Waals surface area (Å²) in [5, 5.41) is 6.56. The molecule has 110 valence electrons. The summed E-state index contributed by atoms with van der Waals surface area (Å²) in [6.07, 6.45) is 0.928. The minimum absolute atomic E-state index is 0.0555. The van der Waals surface area contributed by atoms with Crippen molar-refractivity contribution in [2.45, 2.75) is 40.2 Å². The Bertz CT molecular complexity index is 476. The standard InChI is InChI=1S/C17H26N2O/c1-12(2)17(9-10-18-11-17)16(20)19-14(4)15-8-6-5-7-13(15)3/h5-8,12,14,18H,9-11H2,1-4H3,(H,19,20)/t14-,17?/m0/s1. The predicted molar refractivity (Wildman–Crippen MR) is 82.5 cm³/mol. The first-order valence-corrected chi connectivity index (χ1v) is 7.54. The lowest BCUT2D eigenvalue weighted by atomic mass is 9.75. The first kappa shape index (κ1) is 15.0. The van der Waals surface area contributed by atoms with E-state index < -0.39 is 0 Å². The van der Waals surface area contributed by atoms with E-state index >= 15 is 0 Å². The Morgan fingerprint density at radius 2 is 2.00 bits per heavy atom. The highest BCUT2D eigenvalue weighted by molar-refractivity contribution is 5.84. The van der Waals surface area contributed by atoms with E-state index in [9.17, 15) is 4.79 Å². The van der Waals surface area contributed by atoms with Gasteiger partial charge < -0.3 is 10.6 Å². The van der Waals surface area contributed by atoms with E-state index in [2.05, 4.69) is 50.5 Å². The van der Waals surface area contributed by atoms with Crippen LogP contribution in [0.25, 0.3) is 0 Å². The largest absolute Gasteiger partial charge is 0.349 e. The van der Waals surface area contributed by atoms with Crippen LogP contribution in [0.5, 0.6) is 0 Å². The highest BCUT2D eigenvalue weighted by atomic mass is 16.2. The van der Waals surface area contributed by atoms with Crippen molar-refractivity contribution >= 4 is 5.91 Å². The van der Waals surface area contributed by atoms with E-state index in [4.69, 9.17) is 0 Å². The van der Waals surface area contributed by atoms with Gasteiger partial charge in [0.2, 0.25) is 5.91 Å². The lowest BCUT2D eigenvalue weighted by Gasteiger charge is -2.32. The molecule has 1 heterocycles. The van der Waals surface area contributed by atoms with Crippen LogP contribution in [0.1, 0.15) is 44.4 Å². The van der Waals surface area contributed by atoms with Gasteiger partial charge in [-0.3, -0.25) is 4.79 Å². The Labute approximate surface area is 122 Å². The molecule has 1 saturated heterocycles. The third kappa shape index (κ3) is 2.73. The molecule has 0 saturated carbocycles. The molecular weight excluding hydrogens is 248 g/mol. The van der Waals surface area contributed by atoms with Gasteiger partial charge in [0.05, 0.1) is 11.5 Å². The van der Waals surface area contributed by atoms with E-state index in [1.807, 2.05) is 12.1 Å². The Morgan fingerprint density at radius 1 is 1.30 bits per heavy atom. The van der Waals surface area contributed by atoms with Gasteiger partial charge in [0.1, 0.15) is 0 Å². The number of carbonyl (C=O) groups is 1. The Hall–Kier alpha value is -1.35. The van der Waals surface area contributed by atoms with Crippen LogP contribution in [-0.4, -0.2) is 19.0 Å². The fraction of sp³-hybridized carbons (Fsp3) is 0.588. The second-order valence-corrected chi connectivity index (χ2v) is 6.29. The predicted octanol–water partition coefficient (Wildman–Crippen LogP) is 2.81. The summed E-state index contributed by atoms with van der Waals surface area (Å²) < 4.78 is 0. The molecule has 1 fully saturated rings. The first-order valence-electron chi connectivity index (χ1n) is 7.54. The van der Waals surface area contributed by atoms with Crippen molar-refractivity contribution in [2.75, 3.05) is 13.1 Å². The third-order valence-electron chi connectivity index (χ3n) is 4.75. The molecule has 20 heavy (non-hydrogen) atoms. The number of carbonyl (C=O) groups excluding carboxylic acids is 1. The third-order valence-corrected chi connectivity index (χ3v) is 4.75. The molecule has 3 heteroatoms. The van der Waals surface area contributed by atoms with Gasteiger partial charge in [0.25, 0.3) is 0 Å². The van der Waals surface area contributed by atoms with Crippen LogP contribution in [0.2, 0.25) is 0 Å². The molecule has 0 radical (unpaired) electrons. The highest BCUT2D eigenvalue weighted by Gasteiger charge is 2.44. The molecule has 0 spiro atoms. The van der Waals surface area contributed by atoms with E-state index in [1.54, 1.807) is 0 Å². The summed E-state index contributed by atoms with van der Waals surface area (Å²) in [7, 11) is 0. The summed E-state index contributed by atoms with van der Waals surface area (Å²) >= 11 is 0. The van der Waals surface area contributed by atoms with Crippen LogP contribution in [0.4, 0.5) is 0 Å². The molecule has 1 aromatic carbocycles. The lowest BCUT2D eigenvalue weighted by molar-refractivity contribution is -0.133. The molecule has 2 atom stereocenters. The van der Waals surface area contributed by atoms with E-state index in [0.717, 1.165) is 19.5 Å². The molecule has 3 nitrogen and oxygen atoms in total. The molecule has 0 aromatic heterocycles. The van der Waals surface area contributed by atoms with Gasteiger partial charge in [-0.1, -0.05) is 38.1 Å². The van der Waals surface area contributed by atoms with Gasteiger partial charge >= 0.3 is 0 Å². The summed E-state index contributed by atoms with van der Waals surface area (Å²) in [6.45, 7) is 10.2. The molecule has 1 aromatic rings. The van der Waals surface area contributed by atoms with Gasteiger partial charge in [0.15, 0.2) is 0 Å². The monoisotopic (exact) mass is 274 g/mol. The molecule has 2 rings (SSSR count). The summed E-state index contributed by atoms with van der Waals surface area (Å²) in [4.78, 5) is 12.8. The topological polar surface area (TPSA) is 41.1 Å². The SMILES string of the molecule is Cc1ccccc1[C@H](C)NC(=O)C1(C(C)C)CCNC1. The average Bonchev–Trinajstić information content (AvgIpc) is 2.89. The van der Waals surface area contributed by atoms with Gasteiger partial charge in [-0.2, -0.15) is 0 Å². The number of rotatable bonds is 4. The van der Waals surface area contributed by atoms with Crippen molar-refractivity contribution in [3.8, 4) is 0 Å². The van der Waals surface area contributed by atoms with Crippen LogP contribution < -0.4 is 10.6 Å². The average molecular weight is 274 g/mol. The van der Waals surface area contributed by atoms with Crippen molar-refractivity contribution in [1.29, 1.82) is 0 Å². The maximum atomic E-state index is 12.8. The van der Waals surface area contributed by atoms with Crippen molar-refractivity contribution < 1.29 is 4.79 Å². The molecular formula is C17H26N2O. The van der Waals surface area contributed by atoms with Crippen molar-refractivity contribution in [3.05, 3.63) is 35.4 Å². The Morgan fingerprint density at radius 3 is 2.55 bits per heavy atom. The zero-order valence-electron chi connectivity index (χ0n) is 13.0. The van der Waals surface area contributed by atoms with E-state index in [1.165, 1.54) is 11.1 Å². The molecule has 1 aliphatic rings. The fourth-order valence-corrected chi connectivity index (χ4v) is 3.15. The second-order valence-electron chi connectivity index (χ2n) is 6.29. The summed E-state index contributed by atoms with van der Waals surface area (Å²) in [5.41, 5.74) is 2.17. The zero-order valence-corrected chi connectivity index (χ0v) is 13.0. The highest BCUT2D eigenvalue weighted by Crippen LogP contribution is 2.35.